The lowest BCUT2D eigenvalue weighted by atomic mass is 9.47. The highest BCUT2D eigenvalue weighted by atomic mass is 16.5. The van der Waals surface area contributed by atoms with Gasteiger partial charge >= 0.3 is 0 Å². The largest absolute Gasteiger partial charge is 0.491 e. The molecule has 5 heteroatoms. The van der Waals surface area contributed by atoms with Crippen molar-refractivity contribution in [1.29, 1.82) is 0 Å². The zero-order valence-corrected chi connectivity index (χ0v) is 30.4. The van der Waals surface area contributed by atoms with Crippen LogP contribution in [0.1, 0.15) is 156 Å². The van der Waals surface area contributed by atoms with Crippen LogP contribution in [0, 0.1) is 34.5 Å². The Morgan fingerprint density at radius 3 is 2.28 bits per heavy atom. The number of carbonyl (C=O) groups excluding carboxylic acids is 2. The molecule has 266 valence electrons. The Morgan fingerprint density at radius 1 is 0.936 bits per heavy atom. The summed E-state index contributed by atoms with van der Waals surface area (Å²) in [5.41, 5.74) is 1.44. The molecule has 0 amide bonds. The van der Waals surface area contributed by atoms with Gasteiger partial charge in [0.15, 0.2) is 17.9 Å². The van der Waals surface area contributed by atoms with E-state index in [4.69, 9.17) is 14.9 Å². The molecule has 2 N–H and O–H groups in total. The summed E-state index contributed by atoms with van der Waals surface area (Å²) in [7, 11) is 0. The molecule has 4 aliphatic carbocycles. The third kappa shape index (κ3) is 11.3. The van der Waals surface area contributed by atoms with Crippen molar-refractivity contribution in [3.05, 3.63) is 48.3 Å². The Hall–Kier alpha value is -1.98. The monoisotopic (exact) mass is 653 g/mol. The molecule has 6 atom stereocenters. The van der Waals surface area contributed by atoms with Crippen molar-refractivity contribution >= 4 is 11.6 Å². The SMILES string of the molecule is C=C(CCCCCCC/C=C\CCCCCC)OCC(=O)C1CCC2C3CCC4=CC(=O)C=CC4(C)C3CCC12C.CCCC(O)O. The van der Waals surface area contributed by atoms with E-state index in [9.17, 15) is 9.59 Å². The molecule has 3 saturated carbocycles. The van der Waals surface area contributed by atoms with Crippen molar-refractivity contribution in [2.75, 3.05) is 6.61 Å². The van der Waals surface area contributed by atoms with Gasteiger partial charge in [0.2, 0.25) is 0 Å². The fourth-order valence-electron chi connectivity index (χ4n) is 9.37. The average molecular weight is 653 g/mol. The van der Waals surface area contributed by atoms with Crippen molar-refractivity contribution in [3.8, 4) is 0 Å². The minimum Gasteiger partial charge on any atom is -0.491 e. The minimum atomic E-state index is -1.10. The number of Topliss-reactive ketones (excluding diaryl/α,β-unsaturated/α-hetero) is 1. The number of hydrogen-bond donors (Lipinski definition) is 2. The van der Waals surface area contributed by atoms with E-state index in [0.717, 1.165) is 63.5 Å². The van der Waals surface area contributed by atoms with Crippen LogP contribution in [0.15, 0.2) is 48.3 Å². The predicted molar refractivity (Wildman–Crippen MR) is 194 cm³/mol. The first kappa shape index (κ1) is 39.5. The van der Waals surface area contributed by atoms with Crippen molar-refractivity contribution < 1.29 is 24.5 Å². The molecule has 0 aromatic carbocycles. The molecule has 4 aliphatic rings. The first-order valence-corrected chi connectivity index (χ1v) is 19.3. The number of rotatable bonds is 19. The molecule has 0 heterocycles. The molecular weight excluding hydrogens is 584 g/mol. The highest BCUT2D eigenvalue weighted by Crippen LogP contribution is 2.66. The summed E-state index contributed by atoms with van der Waals surface area (Å²) < 4.78 is 5.95. The number of ether oxygens (including phenoxy) is 1. The number of ketones is 2. The van der Waals surface area contributed by atoms with Crippen LogP contribution in [0.2, 0.25) is 0 Å². The number of aliphatic hydroxyl groups is 2. The summed E-state index contributed by atoms with van der Waals surface area (Å²) in [5, 5.41) is 16.2. The quantitative estimate of drug-likeness (QED) is 0.0628. The zero-order valence-electron chi connectivity index (χ0n) is 30.4. The number of aliphatic hydroxyl groups excluding tert-OH is 1. The Kier molecular flexibility index (Phi) is 16.7. The topological polar surface area (TPSA) is 83.8 Å². The highest BCUT2D eigenvalue weighted by molar-refractivity contribution is 6.01. The lowest BCUT2D eigenvalue weighted by Gasteiger charge is -2.56. The van der Waals surface area contributed by atoms with E-state index in [-0.39, 0.29) is 29.1 Å². The second-order valence-corrected chi connectivity index (χ2v) is 15.5. The molecule has 0 aromatic rings. The summed E-state index contributed by atoms with van der Waals surface area (Å²) in [4.78, 5) is 25.5. The Morgan fingerprint density at radius 2 is 1.62 bits per heavy atom. The van der Waals surface area contributed by atoms with Gasteiger partial charge in [0.25, 0.3) is 0 Å². The van der Waals surface area contributed by atoms with E-state index in [1.165, 1.54) is 69.8 Å². The molecule has 5 nitrogen and oxygen atoms in total. The number of allylic oxidation sites excluding steroid dienone is 7. The van der Waals surface area contributed by atoms with Gasteiger partial charge in [-0.3, -0.25) is 9.59 Å². The second-order valence-electron chi connectivity index (χ2n) is 15.5. The Labute approximate surface area is 287 Å². The number of carbonyl (C=O) groups is 2. The maximum atomic E-state index is 13.5. The van der Waals surface area contributed by atoms with Crippen LogP contribution >= 0.6 is 0 Å². The van der Waals surface area contributed by atoms with Gasteiger partial charge < -0.3 is 14.9 Å². The van der Waals surface area contributed by atoms with E-state index >= 15 is 0 Å². The number of hydrogen-bond acceptors (Lipinski definition) is 5. The molecule has 0 bridgehead atoms. The standard InChI is InChI=1S/C38H58O3.C4H10O2/c1-5-6-7-8-9-10-11-12-13-14-15-16-17-18-29(2)41-28-36(40)35-22-21-33-32-20-19-30-27-31(39)23-25-37(30,3)34(32)24-26-38(33,35)4;1-2-3-4(5)6/h10-11,23,25,27,32-35H,2,5-9,12-22,24,26,28H2,1,3-4H3;4-6H,2-3H2,1H3/b11-10-;. The molecular formula is C42H68O5. The van der Waals surface area contributed by atoms with E-state index in [1.807, 2.05) is 13.0 Å². The van der Waals surface area contributed by atoms with E-state index in [0.29, 0.717) is 30.0 Å². The van der Waals surface area contributed by atoms with Crippen LogP contribution in [0.4, 0.5) is 0 Å². The van der Waals surface area contributed by atoms with Crippen molar-refractivity contribution in [1.82, 2.24) is 0 Å². The van der Waals surface area contributed by atoms with E-state index in [1.54, 1.807) is 6.08 Å². The molecule has 0 aliphatic heterocycles. The molecule has 0 spiro atoms. The molecule has 6 unspecified atom stereocenters. The van der Waals surface area contributed by atoms with Gasteiger partial charge in [0.05, 0.1) is 5.76 Å². The van der Waals surface area contributed by atoms with Gasteiger partial charge in [-0.1, -0.05) is 103 Å². The summed E-state index contributed by atoms with van der Waals surface area (Å²) in [5.74, 6) is 3.17. The smallest absolute Gasteiger partial charge is 0.178 e. The van der Waals surface area contributed by atoms with E-state index < -0.39 is 6.29 Å². The second kappa shape index (κ2) is 19.9. The molecule has 0 aromatic heterocycles. The Balaban J connectivity index is 0.000000913. The van der Waals surface area contributed by atoms with Crippen LogP contribution in [-0.2, 0) is 14.3 Å². The molecule has 0 radical (unpaired) electrons. The zero-order chi connectivity index (χ0) is 34.3. The third-order valence-corrected chi connectivity index (χ3v) is 12.1. The summed E-state index contributed by atoms with van der Waals surface area (Å²) in [6.07, 6.45) is 32.3. The van der Waals surface area contributed by atoms with Crippen LogP contribution in [0.3, 0.4) is 0 Å². The Bertz CT molecular complexity index is 1080. The summed E-state index contributed by atoms with van der Waals surface area (Å²) >= 11 is 0. The molecule has 4 rings (SSSR count). The highest BCUT2D eigenvalue weighted by Gasteiger charge is 2.59. The molecule has 47 heavy (non-hydrogen) atoms. The average Bonchev–Trinajstić information content (AvgIpc) is 3.40. The first-order valence-electron chi connectivity index (χ1n) is 19.3. The van der Waals surface area contributed by atoms with Gasteiger partial charge in [-0.15, -0.1) is 0 Å². The maximum Gasteiger partial charge on any atom is 0.178 e. The summed E-state index contributed by atoms with van der Waals surface area (Å²) in [6.45, 7) is 13.2. The van der Waals surface area contributed by atoms with Crippen LogP contribution in [-0.4, -0.2) is 34.7 Å². The van der Waals surface area contributed by atoms with Crippen LogP contribution in [0.25, 0.3) is 0 Å². The van der Waals surface area contributed by atoms with Crippen LogP contribution < -0.4 is 0 Å². The van der Waals surface area contributed by atoms with Gasteiger partial charge in [-0.05, 0) is 112 Å². The van der Waals surface area contributed by atoms with Crippen molar-refractivity contribution in [2.45, 2.75) is 162 Å². The van der Waals surface area contributed by atoms with Crippen LogP contribution in [0.5, 0.6) is 0 Å². The first-order chi connectivity index (χ1) is 22.6. The van der Waals surface area contributed by atoms with Gasteiger partial charge in [-0.2, -0.15) is 0 Å². The third-order valence-electron chi connectivity index (χ3n) is 12.1. The van der Waals surface area contributed by atoms with Gasteiger partial charge in [0, 0.05) is 17.8 Å². The fraction of sp³-hybridized carbons (Fsp3) is 0.762. The fourth-order valence-corrected chi connectivity index (χ4v) is 9.37. The van der Waals surface area contributed by atoms with E-state index in [2.05, 4.69) is 45.6 Å². The predicted octanol–water partition coefficient (Wildman–Crippen LogP) is 10.4. The molecule has 3 fully saturated rings. The lowest BCUT2D eigenvalue weighted by Crippen LogP contribution is -2.50. The minimum absolute atomic E-state index is 0.0195. The van der Waals surface area contributed by atoms with Gasteiger partial charge in [0.1, 0.15) is 6.61 Å². The number of fused-ring (bicyclic) bond motifs is 5. The van der Waals surface area contributed by atoms with Crippen molar-refractivity contribution in [2.24, 2.45) is 34.5 Å². The lowest BCUT2D eigenvalue weighted by molar-refractivity contribution is -0.133. The maximum absolute atomic E-state index is 13.5. The number of unbranched alkanes of at least 4 members (excludes halogenated alkanes) is 9. The summed E-state index contributed by atoms with van der Waals surface area (Å²) in [6, 6.07) is 0. The van der Waals surface area contributed by atoms with Gasteiger partial charge in [-0.25, -0.2) is 0 Å². The normalized spacial score (nSPS) is 29.5. The van der Waals surface area contributed by atoms with Crippen molar-refractivity contribution in [3.63, 3.8) is 0 Å². The molecule has 0 saturated heterocycles.